The molecule has 1 aliphatic carbocycles. The van der Waals surface area contributed by atoms with Gasteiger partial charge in [-0.15, -0.1) is 0 Å². The van der Waals surface area contributed by atoms with Crippen LogP contribution >= 0.6 is 0 Å². The summed E-state index contributed by atoms with van der Waals surface area (Å²) in [6, 6.07) is 10.2. The average Bonchev–Trinajstić information content (AvgIpc) is 2.55. The molecule has 0 amide bonds. The van der Waals surface area contributed by atoms with E-state index in [2.05, 4.69) is 19.1 Å². The number of hydrogen-bond donors (Lipinski definition) is 0. The minimum absolute atomic E-state index is 0.779. The highest BCUT2D eigenvalue weighted by Crippen LogP contribution is 2.32. The molecule has 0 unspecified atom stereocenters. The molecule has 1 aliphatic rings. The van der Waals surface area contributed by atoms with Gasteiger partial charge < -0.3 is 4.74 Å². The molecule has 1 aromatic rings. The fourth-order valence-electron chi connectivity index (χ4n) is 3.45. The van der Waals surface area contributed by atoms with Crippen molar-refractivity contribution in [1.29, 1.82) is 0 Å². The highest BCUT2D eigenvalue weighted by molar-refractivity contribution is 5.20. The average molecular weight is 288 g/mol. The number of para-hydroxylation sites is 1. The van der Waals surface area contributed by atoms with Crippen LogP contribution in [-0.2, 0) is 0 Å². The lowest BCUT2D eigenvalue weighted by atomic mass is 9.80. The monoisotopic (exact) mass is 288 g/mol. The molecule has 0 bridgehead atoms. The van der Waals surface area contributed by atoms with Crippen molar-refractivity contribution in [3.05, 3.63) is 30.3 Å². The molecule has 0 aliphatic heterocycles. The smallest absolute Gasteiger partial charge is 0.119 e. The van der Waals surface area contributed by atoms with E-state index in [0.29, 0.717) is 0 Å². The molecule has 118 valence electrons. The molecular formula is C20H32O. The zero-order valence-corrected chi connectivity index (χ0v) is 13.7. The maximum atomic E-state index is 5.91. The van der Waals surface area contributed by atoms with Gasteiger partial charge in [-0.05, 0) is 36.8 Å². The normalized spacial score (nSPS) is 22.1. The highest BCUT2D eigenvalue weighted by Gasteiger charge is 2.21. The first kappa shape index (κ1) is 16.4. The molecule has 21 heavy (non-hydrogen) atoms. The summed E-state index contributed by atoms with van der Waals surface area (Å²) in [6.07, 6.45) is 14.2. The summed E-state index contributed by atoms with van der Waals surface area (Å²) < 4.78 is 5.91. The summed E-state index contributed by atoms with van der Waals surface area (Å²) in [5.74, 6) is 2.80. The predicted octanol–water partition coefficient (Wildman–Crippen LogP) is 6.23. The molecule has 0 radical (unpaired) electrons. The van der Waals surface area contributed by atoms with Crippen LogP contribution in [0.15, 0.2) is 30.3 Å². The molecule has 1 saturated carbocycles. The Balaban J connectivity index is 1.54. The van der Waals surface area contributed by atoms with E-state index in [1.165, 1.54) is 64.2 Å². The van der Waals surface area contributed by atoms with Gasteiger partial charge in [-0.2, -0.15) is 0 Å². The van der Waals surface area contributed by atoms with Crippen LogP contribution in [-0.4, -0.2) is 6.61 Å². The molecule has 1 aromatic carbocycles. The summed E-state index contributed by atoms with van der Waals surface area (Å²) in [7, 11) is 0. The van der Waals surface area contributed by atoms with Gasteiger partial charge in [0, 0.05) is 0 Å². The quantitative estimate of drug-likeness (QED) is 0.489. The Bertz CT molecular complexity index is 351. The summed E-state index contributed by atoms with van der Waals surface area (Å²) in [4.78, 5) is 0. The summed E-state index contributed by atoms with van der Waals surface area (Å²) >= 11 is 0. The number of ether oxygens (including phenoxy) is 1. The largest absolute Gasteiger partial charge is 0.493 e. The van der Waals surface area contributed by atoms with Gasteiger partial charge in [0.25, 0.3) is 0 Å². The number of rotatable bonds is 9. The molecule has 0 aromatic heterocycles. The molecule has 1 heteroatoms. The summed E-state index contributed by atoms with van der Waals surface area (Å²) in [6.45, 7) is 3.20. The van der Waals surface area contributed by atoms with Crippen molar-refractivity contribution in [3.8, 4) is 5.75 Å². The molecule has 0 N–H and O–H groups in total. The fraction of sp³-hybridized carbons (Fsp3) is 0.700. The van der Waals surface area contributed by atoms with Gasteiger partial charge in [0.15, 0.2) is 0 Å². The van der Waals surface area contributed by atoms with E-state index in [0.717, 1.165) is 24.2 Å². The van der Waals surface area contributed by atoms with Crippen LogP contribution in [0.25, 0.3) is 0 Å². The van der Waals surface area contributed by atoms with Gasteiger partial charge in [0.2, 0.25) is 0 Å². The number of benzene rings is 1. The molecule has 2 rings (SSSR count). The molecule has 1 fully saturated rings. The predicted molar refractivity (Wildman–Crippen MR) is 90.8 cm³/mol. The van der Waals surface area contributed by atoms with Gasteiger partial charge in [-0.1, -0.05) is 76.5 Å². The van der Waals surface area contributed by atoms with Crippen LogP contribution < -0.4 is 4.74 Å². The van der Waals surface area contributed by atoms with Crippen LogP contribution in [0.5, 0.6) is 5.75 Å². The van der Waals surface area contributed by atoms with Crippen molar-refractivity contribution in [2.45, 2.75) is 71.1 Å². The van der Waals surface area contributed by atoms with E-state index in [-0.39, 0.29) is 0 Å². The molecule has 0 heterocycles. The van der Waals surface area contributed by atoms with Crippen LogP contribution in [0.4, 0.5) is 0 Å². The second kappa shape index (κ2) is 9.87. The standard InChI is InChI=1S/C20H32O/c1-2-3-4-5-7-10-18-13-15-19(16-14-18)17-21-20-11-8-6-9-12-20/h6,8-9,11-12,18-19H,2-5,7,10,13-17H2,1H3. The Hall–Kier alpha value is -0.980. The van der Waals surface area contributed by atoms with Crippen LogP contribution in [0.2, 0.25) is 0 Å². The first-order valence-corrected chi connectivity index (χ1v) is 9.06. The van der Waals surface area contributed by atoms with Gasteiger partial charge >= 0.3 is 0 Å². The van der Waals surface area contributed by atoms with Crippen molar-refractivity contribution < 1.29 is 4.74 Å². The Morgan fingerprint density at radius 2 is 1.52 bits per heavy atom. The van der Waals surface area contributed by atoms with Crippen molar-refractivity contribution in [2.75, 3.05) is 6.61 Å². The Kier molecular flexibility index (Phi) is 7.70. The zero-order valence-electron chi connectivity index (χ0n) is 13.7. The Labute approximate surface area is 131 Å². The molecular weight excluding hydrogens is 256 g/mol. The Morgan fingerprint density at radius 1 is 0.857 bits per heavy atom. The minimum Gasteiger partial charge on any atom is -0.493 e. The van der Waals surface area contributed by atoms with Crippen LogP contribution in [0.3, 0.4) is 0 Å². The van der Waals surface area contributed by atoms with E-state index in [1.807, 2.05) is 18.2 Å². The topological polar surface area (TPSA) is 9.23 Å². The van der Waals surface area contributed by atoms with Crippen molar-refractivity contribution >= 4 is 0 Å². The van der Waals surface area contributed by atoms with Crippen molar-refractivity contribution in [1.82, 2.24) is 0 Å². The number of hydrogen-bond acceptors (Lipinski definition) is 1. The van der Waals surface area contributed by atoms with Gasteiger partial charge in [0.1, 0.15) is 5.75 Å². The first-order chi connectivity index (χ1) is 10.4. The van der Waals surface area contributed by atoms with E-state index in [4.69, 9.17) is 4.74 Å². The maximum absolute atomic E-state index is 5.91. The molecule has 1 nitrogen and oxygen atoms in total. The first-order valence-electron chi connectivity index (χ1n) is 9.06. The molecule has 0 spiro atoms. The molecule has 0 atom stereocenters. The third kappa shape index (κ3) is 6.54. The lowest BCUT2D eigenvalue weighted by Gasteiger charge is -2.28. The SMILES string of the molecule is CCCCCCCC1CCC(COc2ccccc2)CC1. The van der Waals surface area contributed by atoms with Gasteiger partial charge in [-0.25, -0.2) is 0 Å². The fourth-order valence-corrected chi connectivity index (χ4v) is 3.45. The third-order valence-electron chi connectivity index (χ3n) is 4.91. The maximum Gasteiger partial charge on any atom is 0.119 e. The third-order valence-corrected chi connectivity index (χ3v) is 4.91. The van der Waals surface area contributed by atoms with Gasteiger partial charge in [0.05, 0.1) is 6.61 Å². The highest BCUT2D eigenvalue weighted by atomic mass is 16.5. The van der Waals surface area contributed by atoms with Crippen LogP contribution in [0, 0.1) is 11.8 Å². The molecule has 0 saturated heterocycles. The summed E-state index contributed by atoms with van der Waals surface area (Å²) in [5.41, 5.74) is 0. The van der Waals surface area contributed by atoms with Gasteiger partial charge in [-0.3, -0.25) is 0 Å². The van der Waals surface area contributed by atoms with E-state index < -0.39 is 0 Å². The van der Waals surface area contributed by atoms with E-state index >= 15 is 0 Å². The number of unbranched alkanes of at least 4 members (excludes halogenated alkanes) is 4. The van der Waals surface area contributed by atoms with Crippen molar-refractivity contribution in [2.24, 2.45) is 11.8 Å². The lowest BCUT2D eigenvalue weighted by Crippen LogP contribution is -2.20. The van der Waals surface area contributed by atoms with Crippen molar-refractivity contribution in [3.63, 3.8) is 0 Å². The van der Waals surface area contributed by atoms with E-state index in [1.54, 1.807) is 0 Å². The Morgan fingerprint density at radius 3 is 2.24 bits per heavy atom. The second-order valence-electron chi connectivity index (χ2n) is 6.71. The van der Waals surface area contributed by atoms with Crippen LogP contribution in [0.1, 0.15) is 71.1 Å². The second-order valence-corrected chi connectivity index (χ2v) is 6.71. The van der Waals surface area contributed by atoms with E-state index in [9.17, 15) is 0 Å². The zero-order chi connectivity index (χ0) is 14.8. The summed E-state index contributed by atoms with van der Waals surface area (Å²) in [5, 5.41) is 0. The minimum atomic E-state index is 0.779. The lowest BCUT2D eigenvalue weighted by molar-refractivity contribution is 0.177.